The maximum atomic E-state index is 12.7. The molecule has 0 saturated heterocycles. The fourth-order valence-corrected chi connectivity index (χ4v) is 7.78. The minimum absolute atomic E-state index is 0.0683. The molecular weight excluding hydrogens is 733 g/mol. The number of rotatable bonds is 48. The Hall–Kier alpha value is -1.85. The average Bonchev–Trinajstić information content (AvgIpc) is 3.23. The van der Waals surface area contributed by atoms with Crippen molar-refractivity contribution in [1.29, 1.82) is 0 Å². The van der Waals surface area contributed by atoms with Crippen molar-refractivity contribution in [2.45, 2.75) is 297 Å². The van der Waals surface area contributed by atoms with Gasteiger partial charge in [-0.15, -0.1) is 0 Å². The molecule has 0 radical (unpaired) electrons. The summed E-state index contributed by atoms with van der Waals surface area (Å²) in [5.41, 5.74) is 0. The van der Waals surface area contributed by atoms with Gasteiger partial charge < -0.3 is 14.2 Å². The molecule has 0 N–H and O–H groups in total. The van der Waals surface area contributed by atoms with E-state index in [1.165, 1.54) is 186 Å². The van der Waals surface area contributed by atoms with Crippen LogP contribution in [0.4, 0.5) is 0 Å². The normalized spacial score (nSPS) is 12.0. The van der Waals surface area contributed by atoms with Crippen molar-refractivity contribution < 1.29 is 28.6 Å². The van der Waals surface area contributed by atoms with E-state index in [-0.39, 0.29) is 31.1 Å². The maximum Gasteiger partial charge on any atom is 0.306 e. The highest BCUT2D eigenvalue weighted by Crippen LogP contribution is 2.16. The lowest BCUT2D eigenvalue weighted by Gasteiger charge is -2.18. The van der Waals surface area contributed by atoms with Crippen molar-refractivity contribution in [1.82, 2.24) is 0 Å². The van der Waals surface area contributed by atoms with Gasteiger partial charge in [-0.2, -0.15) is 0 Å². The van der Waals surface area contributed by atoms with Gasteiger partial charge in [0.25, 0.3) is 0 Å². The lowest BCUT2D eigenvalue weighted by atomic mass is 10.0. The SMILES string of the molecule is CCCC/C=C\CCCCCCCC(=O)O[C@@H](COC(=O)CCCCCCCCCCCCC)COC(=O)CCCCCCCCCCCCCCCCCCCCC. The maximum absolute atomic E-state index is 12.7. The Kier molecular flexibility index (Phi) is 47.3. The molecule has 0 spiro atoms. The monoisotopic (exact) mass is 833 g/mol. The van der Waals surface area contributed by atoms with Gasteiger partial charge in [-0.1, -0.05) is 245 Å². The molecule has 6 heteroatoms. The summed E-state index contributed by atoms with van der Waals surface area (Å²) in [5, 5.41) is 0. The molecule has 59 heavy (non-hydrogen) atoms. The van der Waals surface area contributed by atoms with Crippen LogP contribution in [0.5, 0.6) is 0 Å². The van der Waals surface area contributed by atoms with Crippen molar-refractivity contribution in [2.75, 3.05) is 13.2 Å². The van der Waals surface area contributed by atoms with E-state index in [4.69, 9.17) is 14.2 Å². The van der Waals surface area contributed by atoms with Crippen molar-refractivity contribution in [2.24, 2.45) is 0 Å². The molecule has 348 valence electrons. The molecule has 0 fully saturated rings. The molecule has 0 amide bonds. The molecule has 0 unspecified atom stereocenters. The summed E-state index contributed by atoms with van der Waals surface area (Å²) >= 11 is 0. The van der Waals surface area contributed by atoms with Gasteiger partial charge in [0.05, 0.1) is 0 Å². The second kappa shape index (κ2) is 48.8. The zero-order chi connectivity index (χ0) is 43.0. The molecule has 0 aliphatic carbocycles. The number of hydrogen-bond acceptors (Lipinski definition) is 6. The van der Waals surface area contributed by atoms with E-state index in [0.29, 0.717) is 19.3 Å². The highest BCUT2D eigenvalue weighted by atomic mass is 16.6. The predicted octanol–water partition coefficient (Wildman–Crippen LogP) is 17.0. The number of ether oxygens (including phenoxy) is 3. The summed E-state index contributed by atoms with van der Waals surface area (Å²) in [4.78, 5) is 37.9. The summed E-state index contributed by atoms with van der Waals surface area (Å²) in [6.07, 6.45) is 53.4. The number of allylic oxidation sites excluding steroid dienone is 2. The van der Waals surface area contributed by atoms with E-state index in [0.717, 1.165) is 64.2 Å². The molecular formula is C53H100O6. The van der Waals surface area contributed by atoms with Gasteiger partial charge in [0.15, 0.2) is 6.10 Å². The molecule has 1 atom stereocenters. The number of hydrogen-bond donors (Lipinski definition) is 0. The molecule has 0 rings (SSSR count). The van der Waals surface area contributed by atoms with Crippen molar-refractivity contribution in [3.05, 3.63) is 12.2 Å². The zero-order valence-corrected chi connectivity index (χ0v) is 39.8. The largest absolute Gasteiger partial charge is 0.462 e. The van der Waals surface area contributed by atoms with Crippen molar-refractivity contribution in [3.63, 3.8) is 0 Å². The Labute approximate surface area is 367 Å². The lowest BCUT2D eigenvalue weighted by molar-refractivity contribution is -0.167. The minimum Gasteiger partial charge on any atom is -0.462 e. The summed E-state index contributed by atoms with van der Waals surface area (Å²) in [6, 6.07) is 0. The molecule has 0 aromatic rings. The van der Waals surface area contributed by atoms with Gasteiger partial charge in [-0.05, 0) is 38.5 Å². The molecule has 0 aromatic heterocycles. The summed E-state index contributed by atoms with van der Waals surface area (Å²) < 4.78 is 16.8. The van der Waals surface area contributed by atoms with Crippen LogP contribution in [0.1, 0.15) is 290 Å². The number of carbonyl (C=O) groups is 3. The predicted molar refractivity (Wildman–Crippen MR) is 252 cm³/mol. The van der Waals surface area contributed by atoms with Crippen LogP contribution in [0.25, 0.3) is 0 Å². The van der Waals surface area contributed by atoms with Gasteiger partial charge in [0.2, 0.25) is 0 Å². The average molecular weight is 833 g/mol. The second-order valence-corrected chi connectivity index (χ2v) is 17.8. The highest BCUT2D eigenvalue weighted by Gasteiger charge is 2.19. The quantitative estimate of drug-likeness (QED) is 0.0263. The first-order chi connectivity index (χ1) is 29.0. The molecule has 6 nitrogen and oxygen atoms in total. The van der Waals surface area contributed by atoms with Crippen LogP contribution in [-0.2, 0) is 28.6 Å². The van der Waals surface area contributed by atoms with Gasteiger partial charge in [0.1, 0.15) is 13.2 Å². The molecule has 0 heterocycles. The summed E-state index contributed by atoms with van der Waals surface area (Å²) in [5.74, 6) is -0.863. The summed E-state index contributed by atoms with van der Waals surface area (Å²) in [7, 11) is 0. The Bertz CT molecular complexity index is 916. The van der Waals surface area contributed by atoms with E-state index in [1.807, 2.05) is 0 Å². The number of esters is 3. The van der Waals surface area contributed by atoms with E-state index in [9.17, 15) is 14.4 Å². The summed E-state index contributed by atoms with van der Waals surface area (Å²) in [6.45, 7) is 6.62. The molecule has 0 aliphatic rings. The Morgan fingerprint density at radius 2 is 0.576 bits per heavy atom. The van der Waals surface area contributed by atoms with Crippen LogP contribution in [0.2, 0.25) is 0 Å². The van der Waals surface area contributed by atoms with Crippen molar-refractivity contribution in [3.8, 4) is 0 Å². The zero-order valence-electron chi connectivity index (χ0n) is 39.8. The first-order valence-corrected chi connectivity index (χ1v) is 26.2. The molecule has 0 bridgehead atoms. The van der Waals surface area contributed by atoms with Crippen LogP contribution in [-0.4, -0.2) is 37.2 Å². The minimum atomic E-state index is -0.766. The van der Waals surface area contributed by atoms with Crippen LogP contribution >= 0.6 is 0 Å². The van der Waals surface area contributed by atoms with Crippen LogP contribution < -0.4 is 0 Å². The van der Waals surface area contributed by atoms with Crippen LogP contribution in [0, 0.1) is 0 Å². The van der Waals surface area contributed by atoms with Gasteiger partial charge in [-0.3, -0.25) is 14.4 Å². The third-order valence-electron chi connectivity index (χ3n) is 11.8. The molecule has 0 aromatic carbocycles. The van der Waals surface area contributed by atoms with E-state index < -0.39 is 6.10 Å². The fraction of sp³-hybridized carbons (Fsp3) is 0.906. The molecule has 0 aliphatic heterocycles. The first kappa shape index (κ1) is 57.1. The van der Waals surface area contributed by atoms with Gasteiger partial charge in [-0.25, -0.2) is 0 Å². The van der Waals surface area contributed by atoms with Gasteiger partial charge >= 0.3 is 17.9 Å². The van der Waals surface area contributed by atoms with E-state index >= 15 is 0 Å². The van der Waals surface area contributed by atoms with Gasteiger partial charge in [0, 0.05) is 19.3 Å². The fourth-order valence-electron chi connectivity index (χ4n) is 7.78. The topological polar surface area (TPSA) is 78.9 Å². The molecule has 0 saturated carbocycles. The smallest absolute Gasteiger partial charge is 0.306 e. The highest BCUT2D eigenvalue weighted by molar-refractivity contribution is 5.71. The van der Waals surface area contributed by atoms with Crippen molar-refractivity contribution >= 4 is 17.9 Å². The Morgan fingerprint density at radius 1 is 0.322 bits per heavy atom. The third-order valence-corrected chi connectivity index (χ3v) is 11.8. The Balaban J connectivity index is 4.23. The van der Waals surface area contributed by atoms with Crippen LogP contribution in [0.3, 0.4) is 0 Å². The Morgan fingerprint density at radius 3 is 0.898 bits per heavy atom. The number of carbonyl (C=O) groups excluding carboxylic acids is 3. The standard InChI is InChI=1S/C53H100O6/c1-4-7-10-13-16-19-22-23-24-25-26-27-28-29-32-34-37-40-43-46-52(55)58-49-50(59-53(56)47-44-41-38-35-31-21-18-15-12-9-6-3)48-57-51(54)45-42-39-36-33-30-20-17-14-11-8-5-2/h15,18,50H,4-14,16-17,19-49H2,1-3H3/b18-15-/t50-/m0/s1. The third kappa shape index (κ3) is 47.1. The lowest BCUT2D eigenvalue weighted by Crippen LogP contribution is -2.30. The van der Waals surface area contributed by atoms with E-state index in [1.54, 1.807) is 0 Å². The number of unbranched alkanes of at least 4 members (excludes halogenated alkanes) is 35. The first-order valence-electron chi connectivity index (χ1n) is 26.2. The van der Waals surface area contributed by atoms with Crippen LogP contribution in [0.15, 0.2) is 12.2 Å². The second-order valence-electron chi connectivity index (χ2n) is 17.8. The van der Waals surface area contributed by atoms with E-state index in [2.05, 4.69) is 32.9 Å².